The number of nitrogens with zero attached hydrogens (tertiary/aromatic N) is 3. The Morgan fingerprint density at radius 2 is 1.30 bits per heavy atom. The van der Waals surface area contributed by atoms with Crippen LogP contribution in [-0.2, 0) is 7.05 Å². The molecule has 0 N–H and O–H groups in total. The molecule has 1 heterocycles. The van der Waals surface area contributed by atoms with E-state index < -0.39 is 0 Å². The maximum Gasteiger partial charge on any atom is 0.181 e. The molecule has 0 amide bonds. The molecule has 100 valence electrons. The lowest BCUT2D eigenvalue weighted by atomic mass is 10.2. The molecule has 1 aromatic heterocycles. The summed E-state index contributed by atoms with van der Waals surface area (Å²) in [5, 5.41) is 4.49. The number of aryl methyl sites for hydroxylation is 1. The van der Waals surface area contributed by atoms with E-state index in [2.05, 4.69) is 41.9 Å². The zero-order valence-electron chi connectivity index (χ0n) is 10.7. The quantitative estimate of drug-likeness (QED) is 0.634. The van der Waals surface area contributed by atoms with E-state index >= 15 is 0 Å². The minimum absolute atomic E-state index is 0.734. The number of rotatable bonds is 2. The first-order valence-electron chi connectivity index (χ1n) is 6.06. The van der Waals surface area contributed by atoms with Crippen LogP contribution in [0.4, 0.5) is 0 Å². The van der Waals surface area contributed by atoms with Gasteiger partial charge in [0.05, 0.1) is 0 Å². The second-order valence-electron chi connectivity index (χ2n) is 4.40. The van der Waals surface area contributed by atoms with Gasteiger partial charge in [-0.25, -0.2) is 9.67 Å². The zero-order valence-corrected chi connectivity index (χ0v) is 13.9. The van der Waals surface area contributed by atoms with E-state index in [-0.39, 0.29) is 0 Å². The molecule has 0 bridgehead atoms. The molecule has 20 heavy (non-hydrogen) atoms. The second-order valence-corrected chi connectivity index (χ2v) is 6.23. The molecular weight excluding hydrogens is 382 g/mol. The van der Waals surface area contributed by atoms with Gasteiger partial charge in [-0.15, -0.1) is 0 Å². The standard InChI is InChI=1S/C15H11Br2N3/c1-20-15(11-4-8-13(17)9-5-11)18-14(19-20)10-2-6-12(16)7-3-10/h2-9H,1H3. The Balaban J connectivity index is 2.02. The maximum absolute atomic E-state index is 4.63. The van der Waals surface area contributed by atoms with Crippen LogP contribution in [0.15, 0.2) is 57.5 Å². The first-order chi connectivity index (χ1) is 9.63. The van der Waals surface area contributed by atoms with Crippen LogP contribution in [0.2, 0.25) is 0 Å². The Morgan fingerprint density at radius 1 is 0.800 bits per heavy atom. The maximum atomic E-state index is 4.63. The van der Waals surface area contributed by atoms with E-state index in [0.717, 1.165) is 31.7 Å². The highest BCUT2D eigenvalue weighted by atomic mass is 79.9. The van der Waals surface area contributed by atoms with Crippen LogP contribution in [-0.4, -0.2) is 14.8 Å². The van der Waals surface area contributed by atoms with Gasteiger partial charge >= 0.3 is 0 Å². The monoisotopic (exact) mass is 391 g/mol. The molecule has 3 aromatic rings. The van der Waals surface area contributed by atoms with Crippen molar-refractivity contribution in [3.05, 3.63) is 57.5 Å². The van der Waals surface area contributed by atoms with Gasteiger partial charge in [0, 0.05) is 27.1 Å². The molecule has 0 saturated heterocycles. The van der Waals surface area contributed by atoms with Gasteiger partial charge in [-0.2, -0.15) is 5.10 Å². The van der Waals surface area contributed by atoms with Crippen molar-refractivity contribution in [2.75, 3.05) is 0 Å². The summed E-state index contributed by atoms with van der Waals surface area (Å²) in [4.78, 5) is 4.63. The molecule has 2 aromatic carbocycles. The van der Waals surface area contributed by atoms with Gasteiger partial charge in [0.2, 0.25) is 0 Å². The highest BCUT2D eigenvalue weighted by Gasteiger charge is 2.10. The van der Waals surface area contributed by atoms with Gasteiger partial charge in [0.25, 0.3) is 0 Å². The van der Waals surface area contributed by atoms with Gasteiger partial charge in [-0.1, -0.05) is 56.1 Å². The normalized spacial score (nSPS) is 10.8. The van der Waals surface area contributed by atoms with Crippen LogP contribution in [0.25, 0.3) is 22.8 Å². The van der Waals surface area contributed by atoms with Gasteiger partial charge in [0.15, 0.2) is 11.6 Å². The smallest absolute Gasteiger partial charge is 0.181 e. The van der Waals surface area contributed by atoms with Crippen molar-refractivity contribution in [1.82, 2.24) is 14.8 Å². The minimum atomic E-state index is 0.734. The Morgan fingerprint density at radius 3 is 1.85 bits per heavy atom. The highest BCUT2D eigenvalue weighted by Crippen LogP contribution is 2.24. The van der Waals surface area contributed by atoms with E-state index in [0.29, 0.717) is 0 Å². The van der Waals surface area contributed by atoms with Crippen molar-refractivity contribution in [3.63, 3.8) is 0 Å². The lowest BCUT2D eigenvalue weighted by Gasteiger charge is -1.99. The molecule has 0 aliphatic rings. The van der Waals surface area contributed by atoms with E-state index in [1.165, 1.54) is 0 Å². The van der Waals surface area contributed by atoms with Crippen molar-refractivity contribution in [2.24, 2.45) is 7.05 Å². The Kier molecular flexibility index (Phi) is 3.72. The van der Waals surface area contributed by atoms with E-state index in [9.17, 15) is 0 Å². The number of halogens is 2. The molecule has 0 spiro atoms. The second kappa shape index (κ2) is 5.50. The van der Waals surface area contributed by atoms with E-state index in [1.807, 2.05) is 55.6 Å². The van der Waals surface area contributed by atoms with Crippen molar-refractivity contribution in [2.45, 2.75) is 0 Å². The number of benzene rings is 2. The molecule has 0 aliphatic heterocycles. The fraction of sp³-hybridized carbons (Fsp3) is 0.0667. The van der Waals surface area contributed by atoms with Crippen molar-refractivity contribution in [1.29, 1.82) is 0 Å². The molecule has 0 aliphatic carbocycles. The summed E-state index contributed by atoms with van der Waals surface area (Å²) in [6.45, 7) is 0. The van der Waals surface area contributed by atoms with Gasteiger partial charge in [-0.05, 0) is 24.3 Å². The number of aromatic nitrogens is 3. The van der Waals surface area contributed by atoms with Crippen molar-refractivity contribution < 1.29 is 0 Å². The third-order valence-electron chi connectivity index (χ3n) is 2.97. The molecule has 0 atom stereocenters. The molecule has 0 unspecified atom stereocenters. The van der Waals surface area contributed by atoms with Crippen LogP contribution in [0.5, 0.6) is 0 Å². The summed E-state index contributed by atoms with van der Waals surface area (Å²) in [7, 11) is 1.91. The fourth-order valence-electron chi connectivity index (χ4n) is 1.96. The largest absolute Gasteiger partial charge is 0.248 e. The Bertz CT molecular complexity index is 731. The van der Waals surface area contributed by atoms with Gasteiger partial charge < -0.3 is 0 Å². The molecular formula is C15H11Br2N3. The van der Waals surface area contributed by atoms with Crippen LogP contribution in [0.1, 0.15) is 0 Å². The molecule has 0 fully saturated rings. The third kappa shape index (κ3) is 2.69. The zero-order chi connectivity index (χ0) is 14.1. The fourth-order valence-corrected chi connectivity index (χ4v) is 2.48. The number of hydrogen-bond acceptors (Lipinski definition) is 2. The van der Waals surface area contributed by atoms with Gasteiger partial charge in [-0.3, -0.25) is 0 Å². The third-order valence-corrected chi connectivity index (χ3v) is 4.03. The Labute approximate surface area is 133 Å². The summed E-state index contributed by atoms with van der Waals surface area (Å²) >= 11 is 6.87. The first kappa shape index (κ1) is 13.5. The number of hydrogen-bond donors (Lipinski definition) is 0. The molecule has 5 heteroatoms. The predicted molar refractivity (Wildman–Crippen MR) is 87.3 cm³/mol. The molecule has 3 rings (SSSR count). The highest BCUT2D eigenvalue weighted by molar-refractivity contribution is 9.10. The SMILES string of the molecule is Cn1nc(-c2ccc(Br)cc2)nc1-c1ccc(Br)cc1. The summed E-state index contributed by atoms with van der Waals surface area (Å²) in [5.74, 6) is 1.59. The van der Waals surface area contributed by atoms with Crippen LogP contribution in [0.3, 0.4) is 0 Å². The van der Waals surface area contributed by atoms with Gasteiger partial charge in [0.1, 0.15) is 0 Å². The molecule has 3 nitrogen and oxygen atoms in total. The summed E-state index contributed by atoms with van der Waals surface area (Å²) in [6.07, 6.45) is 0. The summed E-state index contributed by atoms with van der Waals surface area (Å²) < 4.78 is 3.91. The van der Waals surface area contributed by atoms with Crippen molar-refractivity contribution >= 4 is 31.9 Å². The Hall–Kier alpha value is -1.46. The first-order valence-corrected chi connectivity index (χ1v) is 7.65. The average molecular weight is 393 g/mol. The van der Waals surface area contributed by atoms with Crippen LogP contribution < -0.4 is 0 Å². The molecule has 0 saturated carbocycles. The van der Waals surface area contributed by atoms with Crippen LogP contribution in [0, 0.1) is 0 Å². The van der Waals surface area contributed by atoms with Crippen molar-refractivity contribution in [3.8, 4) is 22.8 Å². The summed E-state index contributed by atoms with van der Waals surface area (Å²) in [5.41, 5.74) is 2.05. The molecule has 0 radical (unpaired) electrons. The lowest BCUT2D eigenvalue weighted by Crippen LogP contribution is -1.94. The average Bonchev–Trinajstić information content (AvgIpc) is 2.82. The topological polar surface area (TPSA) is 30.7 Å². The predicted octanol–water partition coefficient (Wildman–Crippen LogP) is 4.67. The van der Waals surface area contributed by atoms with E-state index in [4.69, 9.17) is 0 Å². The lowest BCUT2D eigenvalue weighted by molar-refractivity contribution is 0.777. The summed E-state index contributed by atoms with van der Waals surface area (Å²) in [6, 6.07) is 16.1. The minimum Gasteiger partial charge on any atom is -0.248 e. The van der Waals surface area contributed by atoms with Crippen LogP contribution >= 0.6 is 31.9 Å². The van der Waals surface area contributed by atoms with E-state index in [1.54, 1.807) is 4.68 Å².